The molecular weight excluding hydrogens is 230 g/mol. The number of oxazole rings is 1. The number of rotatable bonds is 3. The molecule has 0 aliphatic carbocycles. The lowest BCUT2D eigenvalue weighted by atomic mass is 10.1. The Hall–Kier alpha value is -1.59. The molecule has 1 aliphatic rings. The standard InChI is InChI=1S/C13H17N3O2/c1-16(10-4-5-14-7-10)8-9-2-3-11-12(6-9)18-13(17)15-11/h2-3,6,10,14H,4-5,7-8H2,1H3,(H,15,17). The molecule has 0 bridgehead atoms. The SMILES string of the molecule is CN(Cc1ccc2[nH]c(=O)oc2c1)C1CCNC1. The largest absolute Gasteiger partial charge is 0.417 e. The predicted octanol–water partition coefficient (Wildman–Crippen LogP) is 0.915. The number of nitrogens with zero attached hydrogens (tertiary/aromatic N) is 1. The van der Waals surface area contributed by atoms with E-state index in [1.165, 1.54) is 12.0 Å². The van der Waals surface area contributed by atoms with Gasteiger partial charge in [0.05, 0.1) is 5.52 Å². The van der Waals surface area contributed by atoms with Crippen LogP contribution in [0.25, 0.3) is 11.1 Å². The molecular formula is C13H17N3O2. The van der Waals surface area contributed by atoms with Crippen LogP contribution in [0.5, 0.6) is 0 Å². The smallest absolute Gasteiger partial charge is 0.408 e. The summed E-state index contributed by atoms with van der Waals surface area (Å²) >= 11 is 0. The van der Waals surface area contributed by atoms with Crippen molar-refractivity contribution >= 4 is 11.1 Å². The lowest BCUT2D eigenvalue weighted by Gasteiger charge is -2.23. The highest BCUT2D eigenvalue weighted by molar-refractivity contribution is 5.72. The number of aromatic nitrogens is 1. The van der Waals surface area contributed by atoms with Crippen LogP contribution in [0.15, 0.2) is 27.4 Å². The molecule has 1 atom stereocenters. The predicted molar refractivity (Wildman–Crippen MR) is 69.6 cm³/mol. The number of fused-ring (bicyclic) bond motifs is 1. The number of nitrogens with one attached hydrogen (secondary N) is 2. The second-order valence-corrected chi connectivity index (χ2v) is 4.91. The van der Waals surface area contributed by atoms with Gasteiger partial charge in [-0.05, 0) is 37.7 Å². The van der Waals surface area contributed by atoms with E-state index in [-0.39, 0.29) is 0 Å². The third kappa shape index (κ3) is 2.19. The summed E-state index contributed by atoms with van der Waals surface area (Å²) in [5.74, 6) is -0.393. The first-order valence-corrected chi connectivity index (χ1v) is 6.25. The van der Waals surface area contributed by atoms with Crippen LogP contribution in [0, 0.1) is 0 Å². The van der Waals surface area contributed by atoms with Crippen molar-refractivity contribution in [2.45, 2.75) is 19.0 Å². The Kier molecular flexibility index (Phi) is 2.93. The van der Waals surface area contributed by atoms with Gasteiger partial charge in [0.25, 0.3) is 0 Å². The first kappa shape index (κ1) is 11.5. The molecule has 0 spiro atoms. The van der Waals surface area contributed by atoms with Crippen LogP contribution < -0.4 is 11.1 Å². The van der Waals surface area contributed by atoms with E-state index in [4.69, 9.17) is 4.42 Å². The van der Waals surface area contributed by atoms with Crippen LogP contribution in [0.2, 0.25) is 0 Å². The molecule has 0 saturated carbocycles. The Morgan fingerprint density at radius 3 is 3.17 bits per heavy atom. The maximum absolute atomic E-state index is 11.1. The van der Waals surface area contributed by atoms with E-state index in [0.29, 0.717) is 11.6 Å². The van der Waals surface area contributed by atoms with Crippen LogP contribution in [-0.4, -0.2) is 36.1 Å². The average Bonchev–Trinajstić information content (AvgIpc) is 2.95. The van der Waals surface area contributed by atoms with Crippen molar-refractivity contribution in [3.05, 3.63) is 34.3 Å². The molecule has 2 aromatic rings. The van der Waals surface area contributed by atoms with Crippen molar-refractivity contribution in [1.82, 2.24) is 15.2 Å². The third-order valence-corrected chi connectivity index (χ3v) is 3.58. The van der Waals surface area contributed by atoms with E-state index in [9.17, 15) is 4.79 Å². The molecule has 96 valence electrons. The van der Waals surface area contributed by atoms with Gasteiger partial charge in [0.15, 0.2) is 5.58 Å². The van der Waals surface area contributed by atoms with Crippen LogP contribution in [0.1, 0.15) is 12.0 Å². The van der Waals surface area contributed by atoms with Gasteiger partial charge in [0.2, 0.25) is 0 Å². The molecule has 5 nitrogen and oxygen atoms in total. The molecule has 2 N–H and O–H groups in total. The zero-order valence-electron chi connectivity index (χ0n) is 10.4. The van der Waals surface area contributed by atoms with Crippen LogP contribution in [0.4, 0.5) is 0 Å². The van der Waals surface area contributed by atoms with Crippen molar-refractivity contribution < 1.29 is 4.42 Å². The highest BCUT2D eigenvalue weighted by Crippen LogP contribution is 2.16. The Morgan fingerprint density at radius 2 is 2.39 bits per heavy atom. The van der Waals surface area contributed by atoms with Crippen LogP contribution in [0.3, 0.4) is 0 Å². The number of hydrogen-bond acceptors (Lipinski definition) is 4. The Bertz CT molecular complexity index is 596. The van der Waals surface area contributed by atoms with Crippen molar-refractivity contribution in [3.8, 4) is 0 Å². The monoisotopic (exact) mass is 247 g/mol. The summed E-state index contributed by atoms with van der Waals surface area (Å²) < 4.78 is 5.07. The van der Waals surface area contributed by atoms with Gasteiger partial charge in [-0.1, -0.05) is 6.07 Å². The van der Waals surface area contributed by atoms with Crippen molar-refractivity contribution in [2.75, 3.05) is 20.1 Å². The molecule has 1 aliphatic heterocycles. The zero-order chi connectivity index (χ0) is 12.5. The van der Waals surface area contributed by atoms with E-state index in [1.807, 2.05) is 18.2 Å². The third-order valence-electron chi connectivity index (χ3n) is 3.58. The summed E-state index contributed by atoms with van der Waals surface area (Å²) in [6, 6.07) is 6.47. The van der Waals surface area contributed by atoms with Crippen LogP contribution >= 0.6 is 0 Å². The summed E-state index contributed by atoms with van der Waals surface area (Å²) in [4.78, 5) is 16.1. The van der Waals surface area contributed by atoms with Crippen molar-refractivity contribution in [2.24, 2.45) is 0 Å². The second-order valence-electron chi connectivity index (χ2n) is 4.91. The van der Waals surface area contributed by atoms with Gasteiger partial charge in [-0.2, -0.15) is 0 Å². The zero-order valence-corrected chi connectivity index (χ0v) is 10.4. The number of hydrogen-bond donors (Lipinski definition) is 2. The minimum atomic E-state index is -0.393. The van der Waals surface area contributed by atoms with Gasteiger partial charge in [0.1, 0.15) is 0 Å². The Morgan fingerprint density at radius 1 is 1.50 bits per heavy atom. The highest BCUT2D eigenvalue weighted by Gasteiger charge is 2.19. The van der Waals surface area contributed by atoms with E-state index in [1.54, 1.807) is 0 Å². The Labute approximate surface area is 105 Å². The fourth-order valence-electron chi connectivity index (χ4n) is 2.52. The van der Waals surface area contributed by atoms with Crippen molar-refractivity contribution in [1.29, 1.82) is 0 Å². The fourth-order valence-corrected chi connectivity index (χ4v) is 2.52. The number of aromatic amines is 1. The molecule has 2 heterocycles. The molecule has 1 saturated heterocycles. The molecule has 0 amide bonds. The average molecular weight is 247 g/mol. The first-order valence-electron chi connectivity index (χ1n) is 6.25. The minimum absolute atomic E-state index is 0.393. The topological polar surface area (TPSA) is 61.3 Å². The lowest BCUT2D eigenvalue weighted by Crippen LogP contribution is -2.32. The number of likely N-dealkylation sites (N-methyl/N-ethyl adjacent to an activating group) is 1. The minimum Gasteiger partial charge on any atom is -0.408 e. The molecule has 5 heteroatoms. The van der Waals surface area contributed by atoms with Gasteiger partial charge in [-0.25, -0.2) is 4.79 Å². The quantitative estimate of drug-likeness (QED) is 0.846. The Balaban J connectivity index is 1.79. The molecule has 0 radical (unpaired) electrons. The summed E-state index contributed by atoms with van der Waals surface area (Å²) in [5.41, 5.74) is 2.56. The summed E-state index contributed by atoms with van der Waals surface area (Å²) in [7, 11) is 2.13. The number of H-pyrrole nitrogens is 1. The lowest BCUT2D eigenvalue weighted by molar-refractivity contribution is 0.249. The van der Waals surface area contributed by atoms with Crippen LogP contribution in [-0.2, 0) is 6.54 Å². The summed E-state index contributed by atoms with van der Waals surface area (Å²) in [6.45, 7) is 3.02. The first-order chi connectivity index (χ1) is 8.72. The molecule has 1 aromatic heterocycles. The molecule has 18 heavy (non-hydrogen) atoms. The maximum atomic E-state index is 11.1. The fraction of sp³-hybridized carbons (Fsp3) is 0.462. The summed E-state index contributed by atoms with van der Waals surface area (Å²) in [6.07, 6.45) is 1.19. The van der Waals surface area contributed by atoms with E-state index >= 15 is 0 Å². The molecule has 1 fully saturated rings. The maximum Gasteiger partial charge on any atom is 0.417 e. The van der Waals surface area contributed by atoms with Gasteiger partial charge < -0.3 is 9.73 Å². The normalized spacial score (nSPS) is 20.0. The second kappa shape index (κ2) is 4.59. The van der Waals surface area contributed by atoms with Gasteiger partial charge in [-0.3, -0.25) is 9.88 Å². The summed E-state index contributed by atoms with van der Waals surface area (Å²) in [5, 5.41) is 3.37. The van der Waals surface area contributed by atoms with Gasteiger partial charge in [-0.15, -0.1) is 0 Å². The molecule has 1 unspecified atom stereocenters. The van der Waals surface area contributed by atoms with E-state index in [2.05, 4.69) is 22.2 Å². The van der Waals surface area contributed by atoms with Gasteiger partial charge >= 0.3 is 5.76 Å². The van der Waals surface area contributed by atoms with Gasteiger partial charge in [0, 0.05) is 19.1 Å². The van der Waals surface area contributed by atoms with Crippen molar-refractivity contribution in [3.63, 3.8) is 0 Å². The highest BCUT2D eigenvalue weighted by atomic mass is 16.4. The number of benzene rings is 1. The van der Waals surface area contributed by atoms with E-state index in [0.717, 1.165) is 25.2 Å². The molecule has 1 aromatic carbocycles. The molecule has 3 rings (SSSR count). The van der Waals surface area contributed by atoms with E-state index < -0.39 is 5.76 Å².